The van der Waals surface area contributed by atoms with Gasteiger partial charge in [-0.25, -0.2) is 4.79 Å². The van der Waals surface area contributed by atoms with E-state index in [-0.39, 0.29) is 11.6 Å². The minimum absolute atomic E-state index is 0.0985. The third kappa shape index (κ3) is 2.66. The van der Waals surface area contributed by atoms with Crippen molar-refractivity contribution >= 4 is 6.03 Å². The van der Waals surface area contributed by atoms with E-state index < -0.39 is 0 Å². The van der Waals surface area contributed by atoms with E-state index in [4.69, 9.17) is 4.74 Å². The standard InChI is InChI=1S/C16H27N3O2/c20-15(19-6-7-21-16(11-19)9-17-10-16)18-14-5-4-12-2-1-3-13(12)8-14/h12-14,17H,1-11H2,(H,18,20). The summed E-state index contributed by atoms with van der Waals surface area (Å²) < 4.78 is 5.84. The highest BCUT2D eigenvalue weighted by Gasteiger charge is 2.43. The fourth-order valence-electron chi connectivity index (χ4n) is 4.74. The highest BCUT2D eigenvalue weighted by molar-refractivity contribution is 5.74. The van der Waals surface area contributed by atoms with Gasteiger partial charge in [0, 0.05) is 25.7 Å². The molecule has 2 aliphatic carbocycles. The van der Waals surface area contributed by atoms with Crippen molar-refractivity contribution in [1.29, 1.82) is 0 Å². The zero-order chi connectivity index (χ0) is 14.3. The van der Waals surface area contributed by atoms with Crippen LogP contribution in [0.2, 0.25) is 0 Å². The molecule has 2 saturated carbocycles. The van der Waals surface area contributed by atoms with Gasteiger partial charge in [-0.15, -0.1) is 0 Å². The maximum Gasteiger partial charge on any atom is 0.317 e. The second-order valence-electron chi connectivity index (χ2n) is 7.47. The molecule has 0 bridgehead atoms. The molecule has 118 valence electrons. The first-order chi connectivity index (χ1) is 10.2. The number of hydrogen-bond donors (Lipinski definition) is 2. The van der Waals surface area contributed by atoms with Crippen molar-refractivity contribution in [2.75, 3.05) is 32.8 Å². The average molecular weight is 293 g/mol. The number of morpholine rings is 1. The molecule has 0 radical (unpaired) electrons. The lowest BCUT2D eigenvalue weighted by atomic mass is 9.79. The van der Waals surface area contributed by atoms with Gasteiger partial charge in [-0.3, -0.25) is 0 Å². The Morgan fingerprint density at radius 3 is 2.86 bits per heavy atom. The molecule has 1 spiro atoms. The van der Waals surface area contributed by atoms with E-state index in [0.29, 0.717) is 12.6 Å². The van der Waals surface area contributed by atoms with E-state index in [1.807, 2.05) is 4.90 Å². The number of fused-ring (bicyclic) bond motifs is 1. The van der Waals surface area contributed by atoms with Gasteiger partial charge in [0.2, 0.25) is 0 Å². The van der Waals surface area contributed by atoms with Crippen LogP contribution in [0.3, 0.4) is 0 Å². The topological polar surface area (TPSA) is 53.6 Å². The van der Waals surface area contributed by atoms with Gasteiger partial charge in [0.25, 0.3) is 0 Å². The summed E-state index contributed by atoms with van der Waals surface area (Å²) in [5.74, 6) is 1.82. The van der Waals surface area contributed by atoms with Gasteiger partial charge in [-0.2, -0.15) is 0 Å². The summed E-state index contributed by atoms with van der Waals surface area (Å²) in [4.78, 5) is 14.5. The van der Waals surface area contributed by atoms with Gasteiger partial charge in [0.1, 0.15) is 5.60 Å². The minimum atomic E-state index is -0.0985. The first-order valence-electron chi connectivity index (χ1n) is 8.64. The fraction of sp³-hybridized carbons (Fsp3) is 0.938. The molecule has 21 heavy (non-hydrogen) atoms. The van der Waals surface area contributed by atoms with Crippen LogP contribution in [0.4, 0.5) is 4.79 Å². The Bertz CT molecular complexity index is 410. The third-order valence-corrected chi connectivity index (χ3v) is 6.05. The van der Waals surface area contributed by atoms with Crippen molar-refractivity contribution in [3.63, 3.8) is 0 Å². The van der Waals surface area contributed by atoms with Crippen LogP contribution in [0.25, 0.3) is 0 Å². The molecule has 2 saturated heterocycles. The fourth-order valence-corrected chi connectivity index (χ4v) is 4.74. The quantitative estimate of drug-likeness (QED) is 0.767. The van der Waals surface area contributed by atoms with Crippen molar-refractivity contribution in [3.8, 4) is 0 Å². The van der Waals surface area contributed by atoms with E-state index in [0.717, 1.165) is 38.0 Å². The van der Waals surface area contributed by atoms with Gasteiger partial charge < -0.3 is 20.3 Å². The predicted molar refractivity (Wildman–Crippen MR) is 80.1 cm³/mol. The first kappa shape index (κ1) is 13.8. The number of rotatable bonds is 1. The zero-order valence-corrected chi connectivity index (χ0v) is 12.8. The van der Waals surface area contributed by atoms with Crippen molar-refractivity contribution < 1.29 is 9.53 Å². The molecular formula is C16H27N3O2. The number of nitrogens with zero attached hydrogens (tertiary/aromatic N) is 1. The van der Waals surface area contributed by atoms with Crippen molar-refractivity contribution in [3.05, 3.63) is 0 Å². The van der Waals surface area contributed by atoms with E-state index in [9.17, 15) is 4.79 Å². The van der Waals surface area contributed by atoms with Crippen LogP contribution >= 0.6 is 0 Å². The monoisotopic (exact) mass is 293 g/mol. The summed E-state index contributed by atoms with van der Waals surface area (Å²) in [5.41, 5.74) is -0.0985. The predicted octanol–water partition coefficient (Wildman–Crippen LogP) is 1.34. The Morgan fingerprint density at radius 1 is 1.19 bits per heavy atom. The molecule has 2 amide bonds. The Hall–Kier alpha value is -0.810. The van der Waals surface area contributed by atoms with Crippen LogP contribution in [0.1, 0.15) is 38.5 Å². The molecule has 4 fully saturated rings. The lowest BCUT2D eigenvalue weighted by molar-refractivity contribution is -0.125. The molecule has 0 aromatic heterocycles. The minimum Gasteiger partial charge on any atom is -0.369 e. The Kier molecular flexibility index (Phi) is 3.58. The van der Waals surface area contributed by atoms with Gasteiger partial charge in [0.15, 0.2) is 0 Å². The molecule has 2 heterocycles. The Morgan fingerprint density at radius 2 is 2.05 bits per heavy atom. The molecular weight excluding hydrogens is 266 g/mol. The molecule has 0 aromatic rings. The molecule has 4 aliphatic rings. The molecule has 5 heteroatoms. The highest BCUT2D eigenvalue weighted by atomic mass is 16.5. The van der Waals surface area contributed by atoms with Crippen molar-refractivity contribution in [1.82, 2.24) is 15.5 Å². The van der Waals surface area contributed by atoms with E-state index in [1.165, 1.54) is 38.5 Å². The first-order valence-corrected chi connectivity index (χ1v) is 8.64. The van der Waals surface area contributed by atoms with Gasteiger partial charge >= 0.3 is 6.03 Å². The molecule has 2 N–H and O–H groups in total. The number of nitrogens with one attached hydrogen (secondary N) is 2. The largest absolute Gasteiger partial charge is 0.369 e. The Balaban J connectivity index is 1.31. The SMILES string of the molecule is O=C(NC1CCC2CCCC2C1)N1CCOC2(CNC2)C1. The molecule has 3 atom stereocenters. The summed E-state index contributed by atoms with van der Waals surface area (Å²) in [6.07, 6.45) is 7.88. The summed E-state index contributed by atoms with van der Waals surface area (Å²) in [6.45, 7) is 3.90. The van der Waals surface area contributed by atoms with Crippen molar-refractivity contribution in [2.45, 2.75) is 50.2 Å². The number of urea groups is 1. The lowest BCUT2D eigenvalue weighted by Crippen LogP contribution is -2.70. The molecule has 4 rings (SSSR count). The second-order valence-corrected chi connectivity index (χ2v) is 7.47. The molecule has 2 aliphatic heterocycles. The highest BCUT2D eigenvalue weighted by Crippen LogP contribution is 2.42. The second kappa shape index (κ2) is 5.43. The van der Waals surface area contributed by atoms with Crippen molar-refractivity contribution in [2.24, 2.45) is 11.8 Å². The number of ether oxygens (including phenoxy) is 1. The maximum absolute atomic E-state index is 12.5. The summed E-state index contributed by atoms with van der Waals surface area (Å²) in [7, 11) is 0. The van der Waals surface area contributed by atoms with Crippen LogP contribution in [0.15, 0.2) is 0 Å². The van der Waals surface area contributed by atoms with E-state index >= 15 is 0 Å². The van der Waals surface area contributed by atoms with Gasteiger partial charge in [-0.05, 0) is 31.1 Å². The molecule has 3 unspecified atom stereocenters. The Labute approximate surface area is 126 Å². The molecule has 0 aromatic carbocycles. The van der Waals surface area contributed by atoms with E-state index in [1.54, 1.807) is 0 Å². The van der Waals surface area contributed by atoms with Crippen LogP contribution in [0, 0.1) is 11.8 Å². The number of carbonyl (C=O) groups excluding carboxylic acids is 1. The summed E-state index contributed by atoms with van der Waals surface area (Å²) in [5, 5.41) is 6.55. The van der Waals surface area contributed by atoms with Crippen LogP contribution in [-0.4, -0.2) is 55.4 Å². The summed E-state index contributed by atoms with van der Waals surface area (Å²) >= 11 is 0. The normalized spacial score (nSPS) is 37.9. The van der Waals surface area contributed by atoms with Crippen LogP contribution in [0.5, 0.6) is 0 Å². The van der Waals surface area contributed by atoms with Crippen LogP contribution < -0.4 is 10.6 Å². The lowest BCUT2D eigenvalue weighted by Gasteiger charge is -2.48. The zero-order valence-electron chi connectivity index (χ0n) is 12.8. The number of amides is 2. The summed E-state index contributed by atoms with van der Waals surface area (Å²) in [6, 6.07) is 0.529. The maximum atomic E-state index is 12.5. The molecule has 5 nitrogen and oxygen atoms in total. The van der Waals surface area contributed by atoms with Gasteiger partial charge in [-0.1, -0.05) is 19.3 Å². The number of hydrogen-bond acceptors (Lipinski definition) is 3. The van der Waals surface area contributed by atoms with Crippen LogP contribution in [-0.2, 0) is 4.74 Å². The smallest absolute Gasteiger partial charge is 0.317 e. The number of carbonyl (C=O) groups is 1. The van der Waals surface area contributed by atoms with E-state index in [2.05, 4.69) is 10.6 Å². The third-order valence-electron chi connectivity index (χ3n) is 6.05. The average Bonchev–Trinajstić information content (AvgIpc) is 2.93. The van der Waals surface area contributed by atoms with Gasteiger partial charge in [0.05, 0.1) is 13.2 Å².